The van der Waals surface area contributed by atoms with Crippen LogP contribution in [0.15, 0.2) is 66.7 Å². The molecule has 0 aliphatic heterocycles. The summed E-state index contributed by atoms with van der Waals surface area (Å²) in [6.07, 6.45) is -0.526. The lowest BCUT2D eigenvalue weighted by Gasteiger charge is -2.18. The molecule has 0 fully saturated rings. The molecule has 0 saturated heterocycles. The second kappa shape index (κ2) is 7.87. The fraction of sp³-hybridized carbons (Fsp3) is 0.208. The Morgan fingerprint density at radius 1 is 1.03 bits per heavy atom. The van der Waals surface area contributed by atoms with Crippen LogP contribution < -0.4 is 10.1 Å². The Labute approximate surface area is 169 Å². The minimum atomic E-state index is -0.526. The lowest BCUT2D eigenvalue weighted by molar-refractivity contribution is 0.139. The van der Waals surface area contributed by atoms with Crippen LogP contribution in [0.2, 0.25) is 0 Å². The van der Waals surface area contributed by atoms with Gasteiger partial charge in [-0.25, -0.2) is 4.79 Å². The third kappa shape index (κ3) is 3.63. The van der Waals surface area contributed by atoms with Crippen LogP contribution in [-0.2, 0) is 4.74 Å². The van der Waals surface area contributed by atoms with Crippen LogP contribution in [-0.4, -0.2) is 24.9 Å². The van der Waals surface area contributed by atoms with E-state index < -0.39 is 12.1 Å². The Morgan fingerprint density at radius 3 is 2.28 bits per heavy atom. The molecule has 29 heavy (non-hydrogen) atoms. The first-order valence-corrected chi connectivity index (χ1v) is 9.57. The number of hydrogen-bond donors (Lipinski definition) is 2. The van der Waals surface area contributed by atoms with Crippen molar-refractivity contribution in [1.82, 2.24) is 5.32 Å². The van der Waals surface area contributed by atoms with Gasteiger partial charge in [0, 0.05) is 11.5 Å². The fourth-order valence-corrected chi connectivity index (χ4v) is 3.90. The van der Waals surface area contributed by atoms with E-state index in [0.717, 1.165) is 0 Å². The van der Waals surface area contributed by atoms with Crippen LogP contribution in [0.3, 0.4) is 0 Å². The van der Waals surface area contributed by atoms with Crippen LogP contribution in [0.1, 0.15) is 35.6 Å². The number of phenolic OH excluding ortho intramolecular Hbond substituents is 1. The standard InChI is InChI=1S/C24H23NO4/c1-15(21-13-16(28-2)11-12-23(21)26)25-24(27)29-14-22-19-9-5-3-7-17(19)18-8-4-6-10-20(18)22/h3-13,15,22,26H,14H2,1-2H3,(H,25,27). The molecule has 5 heteroatoms. The Hall–Kier alpha value is -3.47. The minimum Gasteiger partial charge on any atom is -0.508 e. The predicted octanol–water partition coefficient (Wildman–Crippen LogP) is 5.00. The molecule has 148 valence electrons. The maximum Gasteiger partial charge on any atom is 0.407 e. The number of amides is 1. The summed E-state index contributed by atoms with van der Waals surface area (Å²) >= 11 is 0. The molecule has 0 heterocycles. The zero-order valence-electron chi connectivity index (χ0n) is 16.4. The van der Waals surface area contributed by atoms with Crippen molar-refractivity contribution in [1.29, 1.82) is 0 Å². The molecule has 3 aromatic carbocycles. The number of phenols is 1. The first-order chi connectivity index (χ1) is 14.1. The van der Waals surface area contributed by atoms with E-state index in [-0.39, 0.29) is 18.3 Å². The second-order valence-electron chi connectivity index (χ2n) is 7.12. The fourth-order valence-electron chi connectivity index (χ4n) is 3.90. The molecule has 0 saturated carbocycles. The highest BCUT2D eigenvalue weighted by molar-refractivity contribution is 5.79. The molecule has 1 atom stereocenters. The number of fused-ring (bicyclic) bond motifs is 3. The monoisotopic (exact) mass is 389 g/mol. The van der Waals surface area contributed by atoms with Gasteiger partial charge in [0.1, 0.15) is 18.1 Å². The average Bonchev–Trinajstić information content (AvgIpc) is 3.06. The highest BCUT2D eigenvalue weighted by Gasteiger charge is 2.29. The summed E-state index contributed by atoms with van der Waals surface area (Å²) < 4.78 is 10.8. The molecule has 5 nitrogen and oxygen atoms in total. The van der Waals surface area contributed by atoms with Crippen molar-refractivity contribution < 1.29 is 19.4 Å². The Bertz CT molecular complexity index is 1000. The number of carbonyl (C=O) groups is 1. The molecule has 1 aliphatic rings. The molecule has 1 aliphatic carbocycles. The first kappa shape index (κ1) is 18.9. The van der Waals surface area contributed by atoms with Gasteiger partial charge in [0.15, 0.2) is 0 Å². The zero-order chi connectivity index (χ0) is 20.4. The largest absolute Gasteiger partial charge is 0.508 e. The van der Waals surface area contributed by atoms with Gasteiger partial charge in [-0.2, -0.15) is 0 Å². The van der Waals surface area contributed by atoms with Gasteiger partial charge in [-0.3, -0.25) is 0 Å². The SMILES string of the molecule is COc1ccc(O)c(C(C)NC(=O)OCC2c3ccccc3-c3ccccc32)c1. The molecule has 0 spiro atoms. The van der Waals surface area contributed by atoms with Crippen molar-refractivity contribution in [3.05, 3.63) is 83.4 Å². The lowest BCUT2D eigenvalue weighted by Crippen LogP contribution is -2.28. The smallest absolute Gasteiger partial charge is 0.407 e. The molecule has 0 bridgehead atoms. The van der Waals surface area contributed by atoms with Crippen molar-refractivity contribution in [2.45, 2.75) is 18.9 Å². The van der Waals surface area contributed by atoms with Gasteiger partial charge >= 0.3 is 6.09 Å². The number of hydrogen-bond acceptors (Lipinski definition) is 4. The minimum absolute atomic E-state index is 0.00804. The Kier molecular flexibility index (Phi) is 5.12. The van der Waals surface area contributed by atoms with Crippen LogP contribution in [0.5, 0.6) is 11.5 Å². The average molecular weight is 389 g/mol. The van der Waals surface area contributed by atoms with Gasteiger partial charge < -0.3 is 19.9 Å². The predicted molar refractivity (Wildman–Crippen MR) is 111 cm³/mol. The Morgan fingerprint density at radius 2 is 1.66 bits per heavy atom. The molecule has 0 aromatic heterocycles. The summed E-state index contributed by atoms with van der Waals surface area (Å²) in [5.41, 5.74) is 5.27. The van der Waals surface area contributed by atoms with E-state index in [9.17, 15) is 9.90 Å². The van der Waals surface area contributed by atoms with Gasteiger partial charge in [0.05, 0.1) is 13.2 Å². The Balaban J connectivity index is 1.45. The van der Waals surface area contributed by atoms with Crippen molar-refractivity contribution in [2.75, 3.05) is 13.7 Å². The number of benzene rings is 3. The number of alkyl carbamates (subject to hydrolysis) is 1. The van der Waals surface area contributed by atoms with Gasteiger partial charge in [0.2, 0.25) is 0 Å². The summed E-state index contributed by atoms with van der Waals surface area (Å²) in [6, 6.07) is 20.9. The lowest BCUT2D eigenvalue weighted by atomic mass is 9.98. The topological polar surface area (TPSA) is 67.8 Å². The summed E-state index contributed by atoms with van der Waals surface area (Å²) in [7, 11) is 1.56. The summed E-state index contributed by atoms with van der Waals surface area (Å²) in [5, 5.41) is 12.9. The molecule has 1 unspecified atom stereocenters. The highest BCUT2D eigenvalue weighted by Crippen LogP contribution is 2.44. The maximum atomic E-state index is 12.4. The second-order valence-corrected chi connectivity index (χ2v) is 7.12. The third-order valence-corrected chi connectivity index (χ3v) is 5.38. The van der Waals surface area contributed by atoms with E-state index in [1.807, 2.05) is 24.3 Å². The van der Waals surface area contributed by atoms with Gasteiger partial charge in [-0.1, -0.05) is 48.5 Å². The number of aromatic hydroxyl groups is 1. The molecule has 2 N–H and O–H groups in total. The van der Waals surface area contributed by atoms with E-state index in [4.69, 9.17) is 9.47 Å². The molecule has 4 rings (SSSR count). The van der Waals surface area contributed by atoms with Gasteiger partial charge in [-0.15, -0.1) is 0 Å². The van der Waals surface area contributed by atoms with E-state index in [1.165, 1.54) is 22.3 Å². The number of nitrogens with one attached hydrogen (secondary N) is 1. The highest BCUT2D eigenvalue weighted by atomic mass is 16.5. The summed E-state index contributed by atoms with van der Waals surface area (Å²) in [5.74, 6) is 0.713. The van der Waals surface area contributed by atoms with Crippen LogP contribution >= 0.6 is 0 Å². The normalized spacial score (nSPS) is 13.3. The number of carbonyl (C=O) groups excluding carboxylic acids is 1. The van der Waals surface area contributed by atoms with Crippen molar-refractivity contribution in [3.8, 4) is 22.6 Å². The van der Waals surface area contributed by atoms with E-state index in [0.29, 0.717) is 11.3 Å². The van der Waals surface area contributed by atoms with Gasteiger partial charge in [-0.05, 0) is 47.4 Å². The zero-order valence-corrected chi connectivity index (χ0v) is 16.4. The third-order valence-electron chi connectivity index (χ3n) is 5.38. The molecule has 3 aromatic rings. The first-order valence-electron chi connectivity index (χ1n) is 9.57. The number of methoxy groups -OCH3 is 1. The van der Waals surface area contributed by atoms with Crippen molar-refractivity contribution >= 4 is 6.09 Å². The maximum absolute atomic E-state index is 12.4. The van der Waals surface area contributed by atoms with Crippen molar-refractivity contribution in [3.63, 3.8) is 0 Å². The van der Waals surface area contributed by atoms with Crippen LogP contribution in [0, 0.1) is 0 Å². The van der Waals surface area contributed by atoms with E-state index >= 15 is 0 Å². The summed E-state index contributed by atoms with van der Waals surface area (Å²) in [4.78, 5) is 12.4. The molecule has 1 amide bonds. The van der Waals surface area contributed by atoms with Gasteiger partial charge in [0.25, 0.3) is 0 Å². The summed E-state index contributed by atoms with van der Waals surface area (Å²) in [6.45, 7) is 2.03. The van der Waals surface area contributed by atoms with E-state index in [1.54, 1.807) is 32.2 Å². The van der Waals surface area contributed by atoms with Crippen molar-refractivity contribution in [2.24, 2.45) is 0 Å². The molecular formula is C24H23NO4. The molecular weight excluding hydrogens is 366 g/mol. The number of ether oxygens (including phenoxy) is 2. The molecule has 0 radical (unpaired) electrons. The van der Waals surface area contributed by atoms with Crippen LogP contribution in [0.4, 0.5) is 4.79 Å². The van der Waals surface area contributed by atoms with E-state index in [2.05, 4.69) is 29.6 Å². The number of rotatable bonds is 5. The van der Waals surface area contributed by atoms with Crippen LogP contribution in [0.25, 0.3) is 11.1 Å². The quantitative estimate of drug-likeness (QED) is 0.644.